The molecule has 4 aromatic rings. The van der Waals surface area contributed by atoms with Gasteiger partial charge in [0.15, 0.2) is 0 Å². The molecule has 3 aromatic carbocycles. The van der Waals surface area contributed by atoms with Gasteiger partial charge < -0.3 is 39.7 Å². The van der Waals surface area contributed by atoms with Crippen LogP contribution >= 0.6 is 0 Å². The Morgan fingerprint density at radius 2 is 1.70 bits per heavy atom. The molecule has 3 fully saturated rings. The molecule has 1 aromatic heterocycles. The highest BCUT2D eigenvalue weighted by atomic mass is 17.1. The number of likely N-dealkylation sites (N-methyl/N-ethyl adjacent to an activating group) is 2. The summed E-state index contributed by atoms with van der Waals surface area (Å²) in [5.41, 5.74) is 17.1. The molecular weight excluding hydrogens is 1010 g/mol. The molecule has 0 unspecified atom stereocenters. The van der Waals surface area contributed by atoms with Crippen molar-refractivity contribution in [1.29, 1.82) is 0 Å². The number of benzene rings is 3. The molecule has 7 rings (SSSR count). The summed E-state index contributed by atoms with van der Waals surface area (Å²) >= 11 is 0. The van der Waals surface area contributed by atoms with E-state index in [9.17, 15) is 24.4 Å². The van der Waals surface area contributed by atoms with Crippen LogP contribution in [0.2, 0.25) is 0 Å². The SMILES string of the molecule is C.C=CC(=O)N1CCC(C)(C)C1.CC(C)[C@@H](C(N)=O)N(C)O.CCn1c(-c2ccccc2CCOC)c(CC(C)(C)COO)c2cc(-c3cc(CCCC(=O)N4CCC[C@@H](C)N4)cc(OC(=O)CCN4CCN(C)CC4)c3)ccc21.[HH].[HH]. The highest BCUT2D eigenvalue weighted by Gasteiger charge is 2.31. The summed E-state index contributed by atoms with van der Waals surface area (Å²) in [6, 6.07) is 21.0. The van der Waals surface area contributed by atoms with Crippen molar-refractivity contribution < 1.29 is 46.9 Å². The van der Waals surface area contributed by atoms with Gasteiger partial charge in [0.25, 0.3) is 0 Å². The van der Waals surface area contributed by atoms with Crippen molar-refractivity contribution >= 4 is 34.6 Å². The van der Waals surface area contributed by atoms with Crippen molar-refractivity contribution in [3.05, 3.63) is 90.0 Å². The van der Waals surface area contributed by atoms with E-state index in [1.807, 2.05) is 30.9 Å². The minimum Gasteiger partial charge on any atom is -0.426 e. The molecule has 3 amide bonds. The molecule has 448 valence electrons. The standard InChI is InChI=1S/C47H65N5O6.C9H15NO.C6H14N2O2.CH4.2H2/c1-7-51-43-18-17-37(31-41(43)42(32-47(3,4)33-57-55)46(51)40-15-9-8-14-36(40)20-27-56-6)38-28-35(13-10-16-44(53)52-21-11-12-34(2)48-52)29-39(30-38)58-45(54)19-22-50-25-23-49(5)24-26-50;1-4-8(11)10-6-5-9(2,3)7-10;1-4(2)5(6(7)9)8(3)10;;;/h8-9,14-15,17-18,28-31,34,48,55H,7,10-13,16,19-27,32-33H2,1-6H3;4H,1,5-7H2,2-3H3;4-5,10H,1-3H3,(H2,7,9);1H4;2*1H/t34-;;5-;;;/m1.0.../s1. The van der Waals surface area contributed by atoms with Gasteiger partial charge in [-0.05, 0) is 141 Å². The highest BCUT2D eigenvalue weighted by molar-refractivity contribution is 5.95. The number of amides is 3. The molecule has 3 aliphatic rings. The Labute approximate surface area is 481 Å². The molecule has 5 N–H and O–H groups in total. The van der Waals surface area contributed by atoms with Crippen LogP contribution in [0.4, 0.5) is 0 Å². The third-order valence-electron chi connectivity index (χ3n) is 15.2. The number of fused-ring (bicyclic) bond motifs is 1. The molecule has 80 heavy (non-hydrogen) atoms. The fraction of sp³-hybridized carbons (Fsp3) is 0.587. The number of carbonyl (C=O) groups is 4. The number of likely N-dealkylation sites (tertiary alicyclic amines) is 1. The number of nitrogens with two attached hydrogens (primary N) is 1. The van der Waals surface area contributed by atoms with Crippen molar-refractivity contribution in [2.24, 2.45) is 22.5 Å². The number of nitrogens with one attached hydrogen (secondary N) is 1. The maximum Gasteiger partial charge on any atom is 0.312 e. The van der Waals surface area contributed by atoms with Crippen LogP contribution in [0.3, 0.4) is 0 Å². The number of piperazine rings is 1. The van der Waals surface area contributed by atoms with Gasteiger partial charge >= 0.3 is 5.97 Å². The molecule has 2 atom stereocenters. The van der Waals surface area contributed by atoms with Gasteiger partial charge in [-0.3, -0.25) is 29.4 Å². The normalized spacial score (nSPS) is 17.1. The highest BCUT2D eigenvalue weighted by Crippen LogP contribution is 2.41. The molecule has 17 nitrogen and oxygen atoms in total. The minimum absolute atomic E-state index is 0. The largest absolute Gasteiger partial charge is 0.426 e. The number of aromatic nitrogens is 1. The number of ether oxygens (including phenoxy) is 2. The van der Waals surface area contributed by atoms with Crippen LogP contribution in [0.5, 0.6) is 5.75 Å². The van der Waals surface area contributed by atoms with Gasteiger partial charge in [-0.2, -0.15) is 5.06 Å². The Kier molecular flexibility index (Phi) is 26.5. The zero-order chi connectivity index (χ0) is 58.0. The van der Waals surface area contributed by atoms with E-state index in [0.717, 1.165) is 111 Å². The predicted molar refractivity (Wildman–Crippen MR) is 324 cm³/mol. The number of primary amides is 1. The van der Waals surface area contributed by atoms with Gasteiger partial charge in [0.05, 0.1) is 25.3 Å². The summed E-state index contributed by atoms with van der Waals surface area (Å²) in [5, 5.41) is 22.2. The van der Waals surface area contributed by atoms with Gasteiger partial charge in [-0.25, -0.2) is 10.3 Å². The van der Waals surface area contributed by atoms with Gasteiger partial charge in [-0.15, -0.1) is 0 Å². The maximum absolute atomic E-state index is 13.3. The topological polar surface area (TPSA) is 196 Å². The van der Waals surface area contributed by atoms with Crippen molar-refractivity contribution in [3.8, 4) is 28.1 Å². The van der Waals surface area contributed by atoms with Crippen LogP contribution in [0.1, 0.15) is 121 Å². The number of esters is 1. The van der Waals surface area contributed by atoms with Crippen molar-refractivity contribution in [3.63, 3.8) is 0 Å². The molecule has 0 bridgehead atoms. The molecule has 4 heterocycles. The number of methoxy groups -OCH3 is 1. The van der Waals surface area contributed by atoms with Crippen molar-refractivity contribution in [2.45, 2.75) is 139 Å². The van der Waals surface area contributed by atoms with E-state index in [1.165, 1.54) is 35.5 Å². The quantitative estimate of drug-likeness (QED) is 0.0191. The van der Waals surface area contributed by atoms with Crippen LogP contribution in [-0.4, -0.2) is 162 Å². The first-order valence-corrected chi connectivity index (χ1v) is 28.4. The lowest BCUT2D eigenvalue weighted by molar-refractivity contribution is -0.259. The van der Waals surface area contributed by atoms with Gasteiger partial charge in [-0.1, -0.05) is 91.9 Å². The lowest BCUT2D eigenvalue weighted by atomic mass is 9.84. The first-order chi connectivity index (χ1) is 37.5. The zero-order valence-electron chi connectivity index (χ0n) is 49.4. The van der Waals surface area contributed by atoms with Crippen LogP contribution in [-0.2, 0) is 54.6 Å². The molecule has 0 radical (unpaired) electrons. The average Bonchev–Trinajstić information content (AvgIpc) is 4.11. The number of carbonyl (C=O) groups excluding carboxylic acids is 4. The summed E-state index contributed by atoms with van der Waals surface area (Å²) in [4.78, 5) is 59.4. The molecule has 3 saturated heterocycles. The number of rotatable bonds is 22. The van der Waals surface area contributed by atoms with Crippen LogP contribution < -0.4 is 15.9 Å². The second kappa shape index (κ2) is 31.6. The molecule has 0 spiro atoms. The molecule has 3 aliphatic heterocycles. The van der Waals surface area contributed by atoms with Crippen LogP contribution in [0.25, 0.3) is 33.3 Å². The first kappa shape index (κ1) is 67.0. The van der Waals surface area contributed by atoms with E-state index in [1.54, 1.807) is 12.1 Å². The fourth-order valence-corrected chi connectivity index (χ4v) is 10.9. The maximum atomic E-state index is 13.3. The summed E-state index contributed by atoms with van der Waals surface area (Å²) in [7, 11) is 5.28. The van der Waals surface area contributed by atoms with Crippen molar-refractivity contribution in [1.82, 2.24) is 34.8 Å². The summed E-state index contributed by atoms with van der Waals surface area (Å²) in [6.07, 6.45) is 8.14. The Balaban J connectivity index is 0.000000804. The molecule has 17 heteroatoms. The smallest absolute Gasteiger partial charge is 0.312 e. The van der Waals surface area contributed by atoms with Crippen molar-refractivity contribution in [2.75, 3.05) is 86.8 Å². The summed E-state index contributed by atoms with van der Waals surface area (Å²) < 4.78 is 14.0. The lowest BCUT2D eigenvalue weighted by Crippen LogP contribution is -2.51. The second-order valence-electron chi connectivity index (χ2n) is 23.7. The van der Waals surface area contributed by atoms with Gasteiger partial charge in [0.2, 0.25) is 17.7 Å². The summed E-state index contributed by atoms with van der Waals surface area (Å²) in [6.45, 7) is 28.6. The fourth-order valence-electron chi connectivity index (χ4n) is 10.9. The molecule has 0 saturated carbocycles. The Morgan fingerprint density at radius 1 is 0.988 bits per heavy atom. The lowest BCUT2D eigenvalue weighted by Gasteiger charge is -2.32. The number of hydrazine groups is 1. The molecular formula is C63H102N8O9. The average molecular weight is 1120 g/mol. The molecule has 0 aliphatic carbocycles. The van der Waals surface area contributed by atoms with E-state index in [-0.39, 0.29) is 46.0 Å². The van der Waals surface area contributed by atoms with Gasteiger partial charge in [0.1, 0.15) is 11.8 Å². The van der Waals surface area contributed by atoms with E-state index in [0.29, 0.717) is 62.5 Å². The first-order valence-electron chi connectivity index (χ1n) is 28.4. The predicted octanol–water partition coefficient (Wildman–Crippen LogP) is 10.00. The number of hydroxylamine groups is 2. The Hall–Kier alpha value is -5.50. The third kappa shape index (κ3) is 19.6. The number of hydrogen-bond donors (Lipinski definition) is 4. The summed E-state index contributed by atoms with van der Waals surface area (Å²) in [5.74, 6) is -0.00610. The number of hydrogen-bond acceptors (Lipinski definition) is 13. The Bertz CT molecular complexity index is 2640. The van der Waals surface area contributed by atoms with Crippen LogP contribution in [0.15, 0.2) is 73.3 Å². The minimum atomic E-state index is -0.583. The number of nitrogens with zero attached hydrogens (tertiary/aromatic N) is 6. The van der Waals surface area contributed by atoms with E-state index in [4.69, 9.17) is 25.3 Å². The second-order valence-corrected chi connectivity index (χ2v) is 23.7. The van der Waals surface area contributed by atoms with E-state index in [2.05, 4.69) is 123 Å². The van der Waals surface area contributed by atoms with Crippen LogP contribution in [0, 0.1) is 16.7 Å². The zero-order valence-corrected chi connectivity index (χ0v) is 49.4. The van der Waals surface area contributed by atoms with E-state index >= 15 is 0 Å². The monoisotopic (exact) mass is 1110 g/mol. The number of aryl methyl sites for hydroxylation is 2. The Morgan fingerprint density at radius 3 is 2.29 bits per heavy atom. The van der Waals surface area contributed by atoms with Gasteiger partial charge in [0, 0.05) is 105 Å². The van der Waals surface area contributed by atoms with E-state index < -0.39 is 11.9 Å². The third-order valence-corrected chi connectivity index (χ3v) is 15.2.